The zero-order valence-electron chi connectivity index (χ0n) is 10.4. The summed E-state index contributed by atoms with van der Waals surface area (Å²) < 4.78 is 6.29. The third-order valence-corrected chi connectivity index (χ3v) is 9.80. The van der Waals surface area contributed by atoms with Crippen LogP contribution >= 0.6 is 0 Å². The molecule has 0 aliphatic carbocycles. The van der Waals surface area contributed by atoms with Crippen molar-refractivity contribution >= 4 is 16.6 Å². The van der Waals surface area contributed by atoms with E-state index < -0.39 is 16.6 Å². The molecule has 1 N–H and O–H groups in total. The van der Waals surface area contributed by atoms with Gasteiger partial charge in [-0.2, -0.15) is 0 Å². The van der Waals surface area contributed by atoms with Crippen molar-refractivity contribution in [3.8, 4) is 0 Å². The van der Waals surface area contributed by atoms with E-state index in [0.717, 1.165) is 6.04 Å². The maximum atomic E-state index is 8.94. The van der Waals surface area contributed by atoms with E-state index in [1.165, 1.54) is 18.9 Å². The molecule has 0 unspecified atom stereocenters. The summed E-state index contributed by atoms with van der Waals surface area (Å²) in [5.74, 6) is 0. The summed E-state index contributed by atoms with van der Waals surface area (Å²) in [6, 6.07) is 2.13. The number of aliphatic hydroxyl groups is 1. The number of hydrogen-bond donors (Lipinski definition) is 1. The fourth-order valence-corrected chi connectivity index (χ4v) is 10.3. The van der Waals surface area contributed by atoms with Crippen LogP contribution in [0.4, 0.5) is 0 Å². The van der Waals surface area contributed by atoms with Crippen molar-refractivity contribution in [2.24, 2.45) is 0 Å². The highest BCUT2D eigenvalue weighted by Crippen LogP contribution is 2.22. The van der Waals surface area contributed by atoms with E-state index in [0.29, 0.717) is 0 Å². The molecule has 0 aromatic heterocycles. The smallest absolute Gasteiger partial charge is 0.175 e. The molecule has 0 atom stereocenters. The minimum Gasteiger partial charge on any atom is -0.455 e. The van der Waals surface area contributed by atoms with Crippen LogP contribution in [0.25, 0.3) is 0 Å². The molecule has 0 fully saturated rings. The van der Waals surface area contributed by atoms with Crippen molar-refractivity contribution < 1.29 is 9.22 Å². The Morgan fingerprint density at radius 2 is 1.29 bits per heavy atom. The van der Waals surface area contributed by atoms with Gasteiger partial charge in [-0.25, -0.2) is 0 Å². The zero-order valence-corrected chi connectivity index (χ0v) is 12.4. The van der Waals surface area contributed by atoms with Crippen LogP contribution in [-0.4, -0.2) is 28.3 Å². The molecule has 0 saturated carbocycles. The van der Waals surface area contributed by atoms with Crippen molar-refractivity contribution in [3.63, 3.8) is 0 Å². The van der Waals surface area contributed by atoms with Gasteiger partial charge >= 0.3 is 0 Å². The third kappa shape index (κ3) is 14.3. The average molecular weight is 283 g/mol. The predicted molar refractivity (Wildman–Crippen MR) is 87.8 cm³/mol. The number of unbranched alkanes of at least 4 members (excludes halogenated alkanes) is 1. The van der Waals surface area contributed by atoms with E-state index in [-0.39, 0.29) is 28.9 Å². The normalized spacial score (nSPS) is 10.9. The quantitative estimate of drug-likeness (QED) is 0.657. The van der Waals surface area contributed by atoms with Gasteiger partial charge in [0, 0.05) is 6.61 Å². The molecule has 0 rings (SSSR count). The molecule has 110 valence electrons. The molecule has 0 spiro atoms. The summed E-state index contributed by atoms with van der Waals surface area (Å²) in [5.41, 5.74) is 0. The molecule has 0 radical (unpaired) electrons. The Hall–Kier alpha value is 0.354. The topological polar surface area (TPSA) is 29.5 Å². The van der Waals surface area contributed by atoms with Crippen LogP contribution in [0.2, 0.25) is 38.3 Å². The fraction of sp³-hybridized carbons (Fsp3) is 1.00. The highest BCUT2D eigenvalue weighted by Gasteiger charge is 2.31. The molecule has 0 aliphatic rings. The van der Waals surface area contributed by atoms with E-state index in [4.69, 9.17) is 9.22 Å². The Morgan fingerprint density at radius 3 is 1.65 bits per heavy atom. The van der Waals surface area contributed by atoms with Gasteiger partial charge in [-0.3, -0.25) is 0 Å². The van der Waals surface area contributed by atoms with Crippen molar-refractivity contribution in [2.45, 2.75) is 80.3 Å². The number of aliphatic hydroxyl groups excluding tert-OH is 1. The third-order valence-electron chi connectivity index (χ3n) is 2.40. The maximum Gasteiger partial charge on any atom is 0.175 e. The minimum atomic E-state index is -1.58. The van der Waals surface area contributed by atoms with Crippen LogP contribution in [0.3, 0.4) is 0 Å². The minimum absolute atomic E-state index is 0. The first-order valence-corrected chi connectivity index (χ1v) is 11.9. The Balaban J connectivity index is -0.000000282. The Labute approximate surface area is 113 Å². The van der Waals surface area contributed by atoms with Gasteiger partial charge in [0.1, 0.15) is 0 Å². The maximum absolute atomic E-state index is 8.94. The first-order chi connectivity index (χ1) is 6.33. The molecule has 0 bridgehead atoms. The van der Waals surface area contributed by atoms with Gasteiger partial charge < -0.3 is 9.22 Å². The zero-order chi connectivity index (χ0) is 11.2. The molecular formula is C13H38O2Si2. The number of hydrogen-bond acceptors (Lipinski definition) is 2. The van der Waals surface area contributed by atoms with E-state index in [9.17, 15) is 0 Å². The van der Waals surface area contributed by atoms with Gasteiger partial charge in [-0.15, -0.1) is 0 Å². The van der Waals surface area contributed by atoms with Gasteiger partial charge in [-0.05, 0) is 38.3 Å². The summed E-state index contributed by atoms with van der Waals surface area (Å²) in [4.78, 5) is 0. The summed E-state index contributed by atoms with van der Waals surface area (Å²) in [5, 5.41) is 8.94. The first-order valence-electron chi connectivity index (χ1n) is 5.64. The summed E-state index contributed by atoms with van der Waals surface area (Å²) in [7, 11) is -3.02. The van der Waals surface area contributed by atoms with Crippen LogP contribution in [0.15, 0.2) is 0 Å². The summed E-state index contributed by atoms with van der Waals surface area (Å²) in [6.45, 7) is 11.5. The van der Waals surface area contributed by atoms with Crippen LogP contribution in [-0.2, 0) is 4.12 Å². The van der Waals surface area contributed by atoms with E-state index in [1.54, 1.807) is 0 Å². The van der Waals surface area contributed by atoms with Crippen molar-refractivity contribution in [3.05, 3.63) is 0 Å². The van der Waals surface area contributed by atoms with Crippen LogP contribution in [0.1, 0.15) is 42.0 Å². The van der Waals surface area contributed by atoms with E-state index in [2.05, 4.69) is 33.1 Å². The molecule has 0 heterocycles. The second-order valence-corrected chi connectivity index (χ2v) is 14.1. The van der Waals surface area contributed by atoms with E-state index >= 15 is 0 Å². The molecule has 0 aromatic carbocycles. The van der Waals surface area contributed by atoms with Crippen molar-refractivity contribution in [1.82, 2.24) is 0 Å². The molecule has 0 aliphatic heterocycles. The van der Waals surface area contributed by atoms with Gasteiger partial charge in [0.25, 0.3) is 0 Å². The monoisotopic (exact) mass is 282 g/mol. The molecule has 0 saturated heterocycles. The Morgan fingerprint density at radius 1 is 0.882 bits per heavy atom. The summed E-state index contributed by atoms with van der Waals surface area (Å²) in [6.07, 6.45) is 2.53. The molecule has 0 aromatic rings. The summed E-state index contributed by atoms with van der Waals surface area (Å²) >= 11 is 0. The SMILES string of the molecule is C.C.C.CCCC[Si](C)(C)O[Si](C)(C)CCO. The fourth-order valence-electron chi connectivity index (χ4n) is 1.72. The van der Waals surface area contributed by atoms with Crippen LogP contribution in [0, 0.1) is 0 Å². The van der Waals surface area contributed by atoms with E-state index in [1.807, 2.05) is 0 Å². The second kappa shape index (κ2) is 11.4. The second-order valence-electron chi connectivity index (χ2n) is 5.20. The van der Waals surface area contributed by atoms with Gasteiger partial charge in [0.15, 0.2) is 16.6 Å². The first kappa shape index (κ1) is 26.0. The Bertz CT molecular complexity index is 159. The standard InChI is InChI=1S/C10H26O2Si2.3CH4/c1-6-7-9-13(2,3)12-14(4,5)10-8-11;;;/h11H,6-10H2,1-5H3;3*1H4. The number of rotatable bonds is 7. The largest absolute Gasteiger partial charge is 0.455 e. The predicted octanol–water partition coefficient (Wildman–Crippen LogP) is 5.11. The lowest BCUT2D eigenvalue weighted by atomic mass is 10.4. The lowest BCUT2D eigenvalue weighted by molar-refractivity contribution is 0.311. The Kier molecular flexibility index (Phi) is 17.5. The lowest BCUT2D eigenvalue weighted by Crippen LogP contribution is -2.44. The lowest BCUT2D eigenvalue weighted by Gasteiger charge is -2.33. The molecule has 4 heteroatoms. The molecule has 0 amide bonds. The molecule has 2 nitrogen and oxygen atoms in total. The average Bonchev–Trinajstić information content (AvgIpc) is 1.98. The van der Waals surface area contributed by atoms with Crippen molar-refractivity contribution in [2.75, 3.05) is 6.61 Å². The van der Waals surface area contributed by atoms with Crippen LogP contribution in [0.5, 0.6) is 0 Å². The highest BCUT2D eigenvalue weighted by molar-refractivity contribution is 6.84. The van der Waals surface area contributed by atoms with Crippen LogP contribution < -0.4 is 0 Å². The molecular weight excluding hydrogens is 244 g/mol. The molecule has 17 heavy (non-hydrogen) atoms. The van der Waals surface area contributed by atoms with Gasteiger partial charge in [0.2, 0.25) is 0 Å². The highest BCUT2D eigenvalue weighted by atomic mass is 28.4. The van der Waals surface area contributed by atoms with Crippen molar-refractivity contribution in [1.29, 1.82) is 0 Å². The van der Waals surface area contributed by atoms with Gasteiger partial charge in [0.05, 0.1) is 0 Å². The van der Waals surface area contributed by atoms with Gasteiger partial charge in [-0.1, -0.05) is 42.0 Å².